The number of nitrogens with one attached hydrogen (secondary N) is 1. The molecule has 0 unspecified atom stereocenters. The lowest BCUT2D eigenvalue weighted by Gasteiger charge is -2.23. The Bertz CT molecular complexity index is 503. The van der Waals surface area contributed by atoms with E-state index in [0.29, 0.717) is 17.5 Å². The first-order chi connectivity index (χ1) is 8.97. The zero-order valence-electron chi connectivity index (χ0n) is 10.7. The van der Waals surface area contributed by atoms with E-state index in [1.807, 2.05) is 24.8 Å². The van der Waals surface area contributed by atoms with Gasteiger partial charge in [-0.3, -0.25) is 10.1 Å². The summed E-state index contributed by atoms with van der Waals surface area (Å²) in [6, 6.07) is 3.91. The van der Waals surface area contributed by atoms with Crippen LogP contribution in [-0.4, -0.2) is 26.9 Å². The number of nitrogens with zero attached hydrogens (tertiary/aromatic N) is 3. The topological polar surface area (TPSA) is 71.3 Å². The highest BCUT2D eigenvalue weighted by Crippen LogP contribution is 2.22. The van der Waals surface area contributed by atoms with Gasteiger partial charge in [-0.1, -0.05) is 17.7 Å². The fourth-order valence-electron chi connectivity index (χ4n) is 2.06. The number of rotatable bonds is 3. The van der Waals surface area contributed by atoms with E-state index in [9.17, 15) is 10.1 Å². The molecule has 1 aliphatic heterocycles. The second-order valence-electron chi connectivity index (χ2n) is 4.59. The second kappa shape index (κ2) is 5.44. The summed E-state index contributed by atoms with van der Waals surface area (Å²) in [5.74, 6) is 0.528. The van der Waals surface area contributed by atoms with E-state index >= 15 is 0 Å². The summed E-state index contributed by atoms with van der Waals surface area (Å²) in [7, 11) is 0. The predicted octanol–water partition coefficient (Wildman–Crippen LogP) is 1.99. The molecule has 1 fully saturated rings. The van der Waals surface area contributed by atoms with Crippen LogP contribution in [0.4, 0.5) is 0 Å². The van der Waals surface area contributed by atoms with Crippen LogP contribution in [0.25, 0.3) is 0 Å². The number of hydrogen-bond donors (Lipinski definition) is 1. The van der Waals surface area contributed by atoms with Crippen LogP contribution in [0.1, 0.15) is 19.4 Å². The zero-order chi connectivity index (χ0) is 14.0. The fourth-order valence-corrected chi connectivity index (χ4v) is 2.17. The average Bonchev–Trinajstić information content (AvgIpc) is 2.59. The van der Waals surface area contributed by atoms with E-state index < -0.39 is 4.92 Å². The molecule has 0 aliphatic carbocycles. The number of aromatic nitrogens is 1. The second-order valence-corrected chi connectivity index (χ2v) is 4.98. The molecule has 2 rings (SSSR count). The van der Waals surface area contributed by atoms with Crippen molar-refractivity contribution in [3.8, 4) is 0 Å². The highest BCUT2D eigenvalue weighted by Gasteiger charge is 2.32. The number of nitro groups is 1. The normalized spacial score (nSPS) is 24.6. The molecule has 7 heteroatoms. The van der Waals surface area contributed by atoms with Crippen molar-refractivity contribution >= 4 is 11.6 Å². The van der Waals surface area contributed by atoms with Gasteiger partial charge in [0.1, 0.15) is 5.15 Å². The molecule has 1 aromatic rings. The summed E-state index contributed by atoms with van der Waals surface area (Å²) < 4.78 is 0. The van der Waals surface area contributed by atoms with Crippen molar-refractivity contribution in [2.45, 2.75) is 32.5 Å². The lowest BCUT2D eigenvalue weighted by atomic mass is 10.1. The van der Waals surface area contributed by atoms with E-state index in [2.05, 4.69) is 10.3 Å². The van der Waals surface area contributed by atoms with Crippen LogP contribution >= 0.6 is 11.6 Å². The lowest BCUT2D eigenvalue weighted by Crippen LogP contribution is -2.30. The maximum atomic E-state index is 10.6. The van der Waals surface area contributed by atoms with Crippen LogP contribution in [-0.2, 0) is 6.54 Å². The van der Waals surface area contributed by atoms with Crippen LogP contribution in [0.3, 0.4) is 0 Å². The Morgan fingerprint density at radius 3 is 2.89 bits per heavy atom. The SMILES string of the molecule is C[C@H]1N/C(=C/[N+](=O)[O-])N(Cc2ccc(Cl)nc2)[C@H]1C. The van der Waals surface area contributed by atoms with Gasteiger partial charge in [-0.05, 0) is 25.5 Å². The first-order valence-electron chi connectivity index (χ1n) is 5.96. The molecule has 19 heavy (non-hydrogen) atoms. The average molecular weight is 283 g/mol. The minimum Gasteiger partial charge on any atom is -0.362 e. The summed E-state index contributed by atoms with van der Waals surface area (Å²) in [6.07, 6.45) is 2.69. The van der Waals surface area contributed by atoms with Crippen molar-refractivity contribution in [1.29, 1.82) is 0 Å². The number of hydrogen-bond acceptors (Lipinski definition) is 5. The highest BCUT2D eigenvalue weighted by atomic mass is 35.5. The Morgan fingerprint density at radius 1 is 1.58 bits per heavy atom. The van der Waals surface area contributed by atoms with E-state index in [1.54, 1.807) is 12.3 Å². The number of halogens is 1. The molecule has 1 N–H and O–H groups in total. The molecule has 2 atom stereocenters. The van der Waals surface area contributed by atoms with Gasteiger partial charge in [-0.2, -0.15) is 0 Å². The zero-order valence-corrected chi connectivity index (χ0v) is 11.5. The first kappa shape index (κ1) is 13.6. The van der Waals surface area contributed by atoms with Crippen LogP contribution in [0.2, 0.25) is 5.15 Å². The Kier molecular flexibility index (Phi) is 3.90. The van der Waals surface area contributed by atoms with E-state index in [1.165, 1.54) is 0 Å². The summed E-state index contributed by atoms with van der Waals surface area (Å²) in [5, 5.41) is 14.2. The highest BCUT2D eigenvalue weighted by molar-refractivity contribution is 6.29. The molecule has 0 amide bonds. The Balaban J connectivity index is 2.20. The van der Waals surface area contributed by atoms with Gasteiger partial charge >= 0.3 is 0 Å². The van der Waals surface area contributed by atoms with Gasteiger partial charge in [0.25, 0.3) is 6.20 Å². The van der Waals surface area contributed by atoms with E-state index in [0.717, 1.165) is 11.8 Å². The van der Waals surface area contributed by atoms with Gasteiger partial charge in [0, 0.05) is 24.8 Å². The maximum absolute atomic E-state index is 10.6. The van der Waals surface area contributed by atoms with Gasteiger partial charge in [0.15, 0.2) is 5.82 Å². The van der Waals surface area contributed by atoms with Crippen LogP contribution in [0.5, 0.6) is 0 Å². The smallest absolute Gasteiger partial charge is 0.274 e. The minimum absolute atomic E-state index is 0.159. The van der Waals surface area contributed by atoms with Crippen molar-refractivity contribution in [3.63, 3.8) is 0 Å². The minimum atomic E-state index is -0.444. The van der Waals surface area contributed by atoms with Gasteiger partial charge in [0.2, 0.25) is 0 Å². The molecule has 0 radical (unpaired) electrons. The third-order valence-corrected chi connectivity index (χ3v) is 3.49. The molecule has 6 nitrogen and oxygen atoms in total. The molecule has 1 aliphatic rings. The van der Waals surface area contributed by atoms with Crippen LogP contribution < -0.4 is 5.32 Å². The Hall–Kier alpha value is -1.82. The maximum Gasteiger partial charge on any atom is 0.274 e. The van der Waals surface area contributed by atoms with Crippen molar-refractivity contribution in [3.05, 3.63) is 51.2 Å². The quantitative estimate of drug-likeness (QED) is 0.521. The van der Waals surface area contributed by atoms with E-state index in [-0.39, 0.29) is 12.1 Å². The van der Waals surface area contributed by atoms with Crippen LogP contribution in [0, 0.1) is 10.1 Å². The molecule has 102 valence electrons. The summed E-state index contributed by atoms with van der Waals surface area (Å²) in [5.41, 5.74) is 0.960. The first-order valence-corrected chi connectivity index (χ1v) is 6.34. The molecule has 0 saturated carbocycles. The predicted molar refractivity (Wildman–Crippen MR) is 71.9 cm³/mol. The van der Waals surface area contributed by atoms with Crippen molar-refractivity contribution in [2.24, 2.45) is 0 Å². The summed E-state index contributed by atoms with van der Waals surface area (Å²) in [6.45, 7) is 4.59. The van der Waals surface area contributed by atoms with Gasteiger partial charge in [0.05, 0.1) is 4.92 Å². The summed E-state index contributed by atoms with van der Waals surface area (Å²) >= 11 is 5.74. The third kappa shape index (κ3) is 3.14. The molecular weight excluding hydrogens is 268 g/mol. The lowest BCUT2D eigenvalue weighted by molar-refractivity contribution is -0.404. The molecule has 0 spiro atoms. The van der Waals surface area contributed by atoms with Gasteiger partial charge in [-0.15, -0.1) is 0 Å². The number of pyridine rings is 1. The third-order valence-electron chi connectivity index (χ3n) is 3.27. The summed E-state index contributed by atoms with van der Waals surface area (Å²) in [4.78, 5) is 16.2. The largest absolute Gasteiger partial charge is 0.362 e. The standard InChI is InChI=1S/C12H15ClN4O2/c1-8-9(2)16(12(15-8)7-17(18)19)6-10-3-4-11(13)14-5-10/h3-5,7-9,15H,6H2,1-2H3/b12-7-/t8-,9+/m1/s1. The van der Waals surface area contributed by atoms with Crippen molar-refractivity contribution in [2.75, 3.05) is 0 Å². The molecule has 1 aromatic heterocycles. The van der Waals surface area contributed by atoms with Gasteiger partial charge < -0.3 is 10.2 Å². The van der Waals surface area contributed by atoms with Crippen molar-refractivity contribution < 1.29 is 4.92 Å². The van der Waals surface area contributed by atoms with Crippen molar-refractivity contribution in [1.82, 2.24) is 15.2 Å². The van der Waals surface area contributed by atoms with Crippen LogP contribution in [0.15, 0.2) is 30.4 Å². The Morgan fingerprint density at radius 2 is 2.32 bits per heavy atom. The van der Waals surface area contributed by atoms with E-state index in [4.69, 9.17) is 11.6 Å². The molecule has 1 saturated heterocycles. The molecule has 0 bridgehead atoms. The molecule has 2 heterocycles. The fraction of sp³-hybridized carbons (Fsp3) is 0.417. The Labute approximate surface area is 116 Å². The molecule has 0 aromatic carbocycles. The monoisotopic (exact) mass is 282 g/mol. The van der Waals surface area contributed by atoms with Gasteiger partial charge in [-0.25, -0.2) is 4.98 Å². The molecular formula is C12H15ClN4O2.